The molecule has 2 aromatic carbocycles. The summed E-state index contributed by atoms with van der Waals surface area (Å²) in [6.45, 7) is 4.66. The van der Waals surface area contributed by atoms with Crippen molar-refractivity contribution >= 4 is 5.91 Å². The molecule has 0 unspecified atom stereocenters. The molecule has 0 aliphatic carbocycles. The molecule has 0 spiro atoms. The van der Waals surface area contributed by atoms with Gasteiger partial charge in [0.15, 0.2) is 17.3 Å². The van der Waals surface area contributed by atoms with E-state index in [2.05, 4.69) is 29.2 Å². The van der Waals surface area contributed by atoms with E-state index in [0.717, 1.165) is 43.1 Å². The summed E-state index contributed by atoms with van der Waals surface area (Å²) >= 11 is 0. The average molecular weight is 495 g/mol. The number of nitrogens with zero attached hydrogens (tertiary/aromatic N) is 2. The van der Waals surface area contributed by atoms with Gasteiger partial charge in [0.25, 0.3) is 5.91 Å². The smallest absolute Gasteiger partial charge is 0.288 e. The second-order valence-corrected chi connectivity index (χ2v) is 9.39. The quantitative estimate of drug-likeness (QED) is 0.536. The number of aliphatic hydroxyl groups excluding tert-OH is 1. The van der Waals surface area contributed by atoms with Crippen molar-refractivity contribution in [3.8, 4) is 11.5 Å². The van der Waals surface area contributed by atoms with Crippen LogP contribution in [0.5, 0.6) is 11.5 Å². The topological polar surface area (TPSA) is 80.7 Å². The zero-order valence-electron chi connectivity index (χ0n) is 20.5. The largest absolute Gasteiger partial charge is 0.459 e. The van der Waals surface area contributed by atoms with E-state index in [1.54, 1.807) is 0 Å². The Morgan fingerprint density at radius 3 is 2.61 bits per heavy atom. The first kappa shape index (κ1) is 24.6. The molecule has 8 nitrogen and oxygen atoms in total. The molecular weight excluding hydrogens is 460 g/mol. The second-order valence-electron chi connectivity index (χ2n) is 9.39. The fourth-order valence-electron chi connectivity index (χ4n) is 4.82. The lowest BCUT2D eigenvalue weighted by Crippen LogP contribution is -2.49. The Bertz CT molecular complexity index is 1050. The van der Waals surface area contributed by atoms with Gasteiger partial charge in [-0.25, -0.2) is 0 Å². The lowest BCUT2D eigenvalue weighted by molar-refractivity contribution is -0.154. The predicted octanol–water partition coefficient (Wildman–Crippen LogP) is 3.26. The molecule has 1 N–H and O–H groups in total. The maximum absolute atomic E-state index is 13.5. The van der Waals surface area contributed by atoms with Crippen molar-refractivity contribution in [2.24, 2.45) is 0 Å². The summed E-state index contributed by atoms with van der Waals surface area (Å²) in [5, 5.41) is 9.06. The highest BCUT2D eigenvalue weighted by molar-refractivity contribution is 5.92. The highest BCUT2D eigenvalue weighted by Crippen LogP contribution is 2.38. The third kappa shape index (κ3) is 6.00. The first-order chi connectivity index (χ1) is 17.7. The molecule has 2 aromatic rings. The van der Waals surface area contributed by atoms with Crippen LogP contribution in [0.4, 0.5) is 0 Å². The molecule has 8 heteroatoms. The highest BCUT2D eigenvalue weighted by atomic mass is 16.7. The van der Waals surface area contributed by atoms with Crippen LogP contribution in [0.3, 0.4) is 0 Å². The van der Waals surface area contributed by atoms with Crippen LogP contribution in [0.25, 0.3) is 0 Å². The van der Waals surface area contributed by atoms with E-state index in [0.29, 0.717) is 38.3 Å². The molecular formula is C28H34N2O6. The van der Waals surface area contributed by atoms with E-state index >= 15 is 0 Å². The van der Waals surface area contributed by atoms with E-state index in [9.17, 15) is 4.79 Å². The first-order valence-corrected chi connectivity index (χ1v) is 12.8. The molecule has 3 heterocycles. The molecule has 0 bridgehead atoms. The molecule has 3 aliphatic rings. The van der Waals surface area contributed by atoms with Crippen LogP contribution in [-0.2, 0) is 20.8 Å². The van der Waals surface area contributed by atoms with Crippen molar-refractivity contribution < 1.29 is 28.8 Å². The number of rotatable bonds is 9. The van der Waals surface area contributed by atoms with Gasteiger partial charge < -0.3 is 29.0 Å². The number of hydrogen-bond donors (Lipinski definition) is 1. The number of benzene rings is 2. The zero-order valence-corrected chi connectivity index (χ0v) is 20.5. The van der Waals surface area contributed by atoms with Crippen LogP contribution in [-0.4, -0.2) is 73.3 Å². The molecule has 36 heavy (non-hydrogen) atoms. The Hall–Kier alpha value is -3.07. The molecule has 1 fully saturated rings. The monoisotopic (exact) mass is 494 g/mol. The fraction of sp³-hybridized carbons (Fsp3) is 0.464. The van der Waals surface area contributed by atoms with E-state index in [4.69, 9.17) is 24.1 Å². The van der Waals surface area contributed by atoms with Crippen molar-refractivity contribution in [1.29, 1.82) is 0 Å². The molecule has 1 saturated heterocycles. The van der Waals surface area contributed by atoms with Gasteiger partial charge in [0.1, 0.15) is 0 Å². The normalized spacial score (nSPS) is 21.7. The van der Waals surface area contributed by atoms with Gasteiger partial charge in [-0.3, -0.25) is 9.69 Å². The van der Waals surface area contributed by atoms with Crippen LogP contribution >= 0.6 is 0 Å². The molecule has 0 radical (unpaired) electrons. The summed E-state index contributed by atoms with van der Waals surface area (Å²) in [4.78, 5) is 17.7. The minimum absolute atomic E-state index is 0.0468. The minimum Gasteiger partial charge on any atom is -0.459 e. The summed E-state index contributed by atoms with van der Waals surface area (Å²) in [5.41, 5.74) is 2.31. The molecule has 2 atom stereocenters. The van der Waals surface area contributed by atoms with Crippen molar-refractivity contribution in [1.82, 2.24) is 9.80 Å². The molecule has 192 valence electrons. The van der Waals surface area contributed by atoms with E-state index in [1.165, 1.54) is 5.56 Å². The van der Waals surface area contributed by atoms with Crippen molar-refractivity contribution in [3.63, 3.8) is 0 Å². The number of allylic oxidation sites excluding steroid dienone is 1. The summed E-state index contributed by atoms with van der Waals surface area (Å²) in [5.74, 6) is 1.65. The van der Waals surface area contributed by atoms with Crippen LogP contribution < -0.4 is 9.47 Å². The number of carbonyl (C=O) groups excluding carboxylic acids is 1. The Morgan fingerprint density at radius 2 is 1.81 bits per heavy atom. The van der Waals surface area contributed by atoms with Gasteiger partial charge in [-0.1, -0.05) is 36.4 Å². The Kier molecular flexibility index (Phi) is 8.05. The number of piperazine rings is 1. The van der Waals surface area contributed by atoms with Gasteiger partial charge >= 0.3 is 0 Å². The number of hydrogen-bond acceptors (Lipinski definition) is 7. The van der Waals surface area contributed by atoms with Crippen LogP contribution in [0.1, 0.15) is 36.3 Å². The third-order valence-corrected chi connectivity index (χ3v) is 6.86. The minimum atomic E-state index is -0.526. The van der Waals surface area contributed by atoms with Gasteiger partial charge in [-0.05, 0) is 42.2 Å². The average Bonchev–Trinajstić information content (AvgIpc) is 3.40. The summed E-state index contributed by atoms with van der Waals surface area (Å²) in [6, 6.07) is 16.3. The van der Waals surface area contributed by atoms with Crippen molar-refractivity contribution in [2.75, 3.05) is 46.2 Å². The van der Waals surface area contributed by atoms with E-state index in [1.807, 2.05) is 35.2 Å². The van der Waals surface area contributed by atoms with E-state index < -0.39 is 6.29 Å². The van der Waals surface area contributed by atoms with Crippen molar-refractivity contribution in [2.45, 2.75) is 38.0 Å². The first-order valence-electron chi connectivity index (χ1n) is 12.8. The van der Waals surface area contributed by atoms with Crippen LogP contribution in [0, 0.1) is 0 Å². The summed E-state index contributed by atoms with van der Waals surface area (Å²) in [7, 11) is 0. The van der Waals surface area contributed by atoms with Gasteiger partial charge in [-0.15, -0.1) is 0 Å². The Morgan fingerprint density at radius 1 is 1.00 bits per heavy atom. The predicted molar refractivity (Wildman–Crippen MR) is 133 cm³/mol. The second kappa shape index (κ2) is 11.8. The third-order valence-electron chi connectivity index (χ3n) is 6.86. The molecule has 5 rings (SSSR count). The summed E-state index contributed by atoms with van der Waals surface area (Å²) in [6.07, 6.45) is 3.40. The van der Waals surface area contributed by atoms with Crippen molar-refractivity contribution in [3.05, 3.63) is 71.5 Å². The number of amides is 1. The maximum Gasteiger partial charge on any atom is 0.288 e. The van der Waals surface area contributed by atoms with Crippen LogP contribution in [0.2, 0.25) is 0 Å². The standard InChI is InChI=1S/C28H34N2O6/c31-14-4-5-15-33-27-18-23(22-8-9-24-25(16-22)35-20-34-24)17-26(36-27)28(32)30-12-10-29(11-13-30)19-21-6-2-1-3-7-21/h1-3,6-9,16-17,23,27,31H,4-5,10-15,18-20H2/t23-,27+/m0/s1. The number of carbonyl (C=O) groups is 1. The fourth-order valence-corrected chi connectivity index (χ4v) is 4.82. The van der Waals surface area contributed by atoms with Gasteiger partial charge in [0.05, 0.1) is 6.61 Å². The Balaban J connectivity index is 1.25. The molecule has 1 amide bonds. The molecule has 0 saturated carbocycles. The number of aliphatic hydroxyl groups is 1. The highest BCUT2D eigenvalue weighted by Gasteiger charge is 2.33. The van der Waals surface area contributed by atoms with Gasteiger partial charge in [-0.2, -0.15) is 0 Å². The maximum atomic E-state index is 13.5. The van der Waals surface area contributed by atoms with Gasteiger partial charge in [0.2, 0.25) is 13.1 Å². The van der Waals surface area contributed by atoms with E-state index in [-0.39, 0.29) is 25.2 Å². The van der Waals surface area contributed by atoms with Gasteiger partial charge in [0, 0.05) is 51.7 Å². The van der Waals surface area contributed by atoms with Crippen LogP contribution in [0.15, 0.2) is 60.4 Å². The SMILES string of the molecule is O=C(C1=C[C@H](c2ccc3c(c2)OCO3)C[C@H](OCCCCO)O1)N1CCN(Cc2ccccc2)CC1. The summed E-state index contributed by atoms with van der Waals surface area (Å²) < 4.78 is 23.0. The number of fused-ring (bicyclic) bond motifs is 1. The molecule has 0 aromatic heterocycles. The number of ether oxygens (including phenoxy) is 4. The molecule has 3 aliphatic heterocycles. The Labute approximate surface area is 212 Å². The lowest BCUT2D eigenvalue weighted by atomic mass is 9.92. The number of unbranched alkanes of at least 4 members (excludes halogenated alkanes) is 1. The zero-order chi connectivity index (χ0) is 24.7. The lowest BCUT2D eigenvalue weighted by Gasteiger charge is -2.36.